The summed E-state index contributed by atoms with van der Waals surface area (Å²) in [6, 6.07) is 9.22. The summed E-state index contributed by atoms with van der Waals surface area (Å²) in [6.07, 6.45) is 0. The van der Waals surface area contributed by atoms with Gasteiger partial charge in [0.05, 0.1) is 6.61 Å². The minimum atomic E-state index is -1.48. The van der Waals surface area contributed by atoms with Gasteiger partial charge in [0.25, 0.3) is 5.78 Å². The Morgan fingerprint density at radius 3 is 2.45 bits per heavy atom. The molecule has 104 valence electrons. The van der Waals surface area contributed by atoms with Crippen LogP contribution in [0.2, 0.25) is 0 Å². The first-order chi connectivity index (χ1) is 9.56. The van der Waals surface area contributed by atoms with Gasteiger partial charge in [0.1, 0.15) is 5.69 Å². The third-order valence-electron chi connectivity index (χ3n) is 3.13. The summed E-state index contributed by atoms with van der Waals surface area (Å²) in [6.45, 7) is 2.13. The lowest BCUT2D eigenvalue weighted by molar-refractivity contribution is -0.131. The van der Waals surface area contributed by atoms with Crippen LogP contribution in [0.25, 0.3) is 11.1 Å². The van der Waals surface area contributed by atoms with Crippen molar-refractivity contribution in [3.63, 3.8) is 0 Å². The second kappa shape index (κ2) is 5.71. The van der Waals surface area contributed by atoms with E-state index in [0.717, 1.165) is 11.1 Å². The van der Waals surface area contributed by atoms with Crippen molar-refractivity contribution < 1.29 is 19.4 Å². The molecule has 0 spiro atoms. The van der Waals surface area contributed by atoms with Crippen molar-refractivity contribution in [1.82, 2.24) is 4.98 Å². The van der Waals surface area contributed by atoms with Crippen molar-refractivity contribution in [2.45, 2.75) is 13.5 Å². The van der Waals surface area contributed by atoms with Crippen molar-refractivity contribution in [2.75, 3.05) is 7.11 Å². The SMILES string of the molecule is COCc1[nH]c(C(=O)C(=O)O)c(-c2ccccc2)c1C. The van der Waals surface area contributed by atoms with Crippen LogP contribution in [0.4, 0.5) is 0 Å². The molecule has 0 unspecified atom stereocenters. The van der Waals surface area contributed by atoms with Gasteiger partial charge in [0, 0.05) is 18.4 Å². The molecule has 1 heterocycles. The number of carbonyl (C=O) groups is 2. The first kappa shape index (κ1) is 14.0. The maximum absolute atomic E-state index is 11.8. The Balaban J connectivity index is 2.64. The number of ether oxygens (including phenoxy) is 1. The molecule has 0 saturated heterocycles. The molecule has 5 nitrogen and oxygen atoms in total. The van der Waals surface area contributed by atoms with Crippen LogP contribution >= 0.6 is 0 Å². The molecule has 0 aliphatic carbocycles. The number of aromatic nitrogens is 1. The number of carboxylic acids is 1. The highest BCUT2D eigenvalue weighted by atomic mass is 16.5. The van der Waals surface area contributed by atoms with E-state index in [1.54, 1.807) is 7.11 Å². The summed E-state index contributed by atoms with van der Waals surface area (Å²) in [4.78, 5) is 25.7. The first-order valence-corrected chi connectivity index (χ1v) is 6.09. The van der Waals surface area contributed by atoms with Crippen LogP contribution in [0.3, 0.4) is 0 Å². The highest BCUT2D eigenvalue weighted by Gasteiger charge is 2.25. The van der Waals surface area contributed by atoms with Crippen molar-refractivity contribution in [2.24, 2.45) is 0 Å². The second-order valence-corrected chi connectivity index (χ2v) is 4.41. The number of aliphatic carboxylic acids is 1. The summed E-state index contributed by atoms with van der Waals surface area (Å²) < 4.78 is 5.06. The van der Waals surface area contributed by atoms with E-state index in [4.69, 9.17) is 9.84 Å². The van der Waals surface area contributed by atoms with Crippen LogP contribution in [-0.2, 0) is 16.1 Å². The van der Waals surface area contributed by atoms with E-state index in [1.165, 1.54) is 0 Å². The number of Topliss-reactive ketones (excluding diaryl/α,β-unsaturated/α-hetero) is 1. The first-order valence-electron chi connectivity index (χ1n) is 6.09. The maximum atomic E-state index is 11.8. The number of ketones is 1. The van der Waals surface area contributed by atoms with Gasteiger partial charge < -0.3 is 14.8 Å². The Labute approximate surface area is 116 Å². The monoisotopic (exact) mass is 273 g/mol. The molecule has 0 aliphatic heterocycles. The molecule has 0 atom stereocenters. The fourth-order valence-corrected chi connectivity index (χ4v) is 2.18. The lowest BCUT2D eigenvalue weighted by atomic mass is 9.99. The fourth-order valence-electron chi connectivity index (χ4n) is 2.18. The lowest BCUT2D eigenvalue weighted by Gasteiger charge is -2.03. The zero-order chi connectivity index (χ0) is 14.7. The molecule has 0 amide bonds. The predicted molar refractivity (Wildman–Crippen MR) is 73.6 cm³/mol. The van der Waals surface area contributed by atoms with Crippen molar-refractivity contribution in [3.05, 3.63) is 47.3 Å². The number of H-pyrrole nitrogens is 1. The Morgan fingerprint density at radius 2 is 1.90 bits per heavy atom. The summed E-state index contributed by atoms with van der Waals surface area (Å²) in [7, 11) is 1.54. The third kappa shape index (κ3) is 2.48. The molecule has 0 radical (unpaired) electrons. The van der Waals surface area contributed by atoms with E-state index in [1.807, 2.05) is 37.3 Å². The summed E-state index contributed by atoms with van der Waals surface area (Å²) in [5.41, 5.74) is 3.03. The molecular formula is C15H15NO4. The molecule has 20 heavy (non-hydrogen) atoms. The molecular weight excluding hydrogens is 258 g/mol. The van der Waals surface area contributed by atoms with Crippen LogP contribution in [0.5, 0.6) is 0 Å². The van der Waals surface area contributed by atoms with Gasteiger partial charge in [-0.05, 0) is 18.1 Å². The predicted octanol–water partition coefficient (Wildman–Crippen LogP) is 2.40. The fraction of sp³-hybridized carbons (Fsp3) is 0.200. The van der Waals surface area contributed by atoms with Gasteiger partial charge in [-0.25, -0.2) is 4.79 Å². The minimum absolute atomic E-state index is 0.0910. The molecule has 2 rings (SSSR count). The normalized spacial score (nSPS) is 10.5. The van der Waals surface area contributed by atoms with E-state index < -0.39 is 11.8 Å². The molecule has 0 aliphatic rings. The number of nitrogens with one attached hydrogen (secondary N) is 1. The average molecular weight is 273 g/mol. The molecule has 0 fully saturated rings. The topological polar surface area (TPSA) is 79.4 Å². The van der Waals surface area contributed by atoms with Gasteiger partial charge in [-0.1, -0.05) is 30.3 Å². The van der Waals surface area contributed by atoms with Crippen molar-refractivity contribution in [1.29, 1.82) is 0 Å². The number of hydrogen-bond donors (Lipinski definition) is 2. The Bertz CT molecular complexity index is 643. The highest BCUT2D eigenvalue weighted by molar-refractivity contribution is 6.40. The van der Waals surface area contributed by atoms with Gasteiger partial charge in [0.15, 0.2) is 0 Å². The van der Waals surface area contributed by atoms with Gasteiger partial charge in [0.2, 0.25) is 0 Å². The third-order valence-corrected chi connectivity index (χ3v) is 3.13. The Hall–Kier alpha value is -2.40. The number of methoxy groups -OCH3 is 1. The maximum Gasteiger partial charge on any atom is 0.378 e. The van der Waals surface area contributed by atoms with E-state index in [0.29, 0.717) is 17.9 Å². The smallest absolute Gasteiger partial charge is 0.378 e. The lowest BCUT2D eigenvalue weighted by Crippen LogP contribution is -2.14. The van der Waals surface area contributed by atoms with Gasteiger partial charge in [-0.3, -0.25) is 4.79 Å². The Kier molecular flexibility index (Phi) is 4.00. The standard InChI is InChI=1S/C15H15NO4/c1-9-11(8-20-2)16-13(14(17)15(18)19)12(9)10-6-4-3-5-7-10/h3-7,16H,8H2,1-2H3,(H,18,19). The van der Waals surface area contributed by atoms with Crippen molar-refractivity contribution >= 4 is 11.8 Å². The van der Waals surface area contributed by atoms with Crippen LogP contribution in [0.1, 0.15) is 21.7 Å². The molecule has 0 saturated carbocycles. The molecule has 1 aromatic carbocycles. The zero-order valence-electron chi connectivity index (χ0n) is 11.3. The van der Waals surface area contributed by atoms with Crippen LogP contribution in [0.15, 0.2) is 30.3 Å². The van der Waals surface area contributed by atoms with Crippen LogP contribution < -0.4 is 0 Å². The van der Waals surface area contributed by atoms with E-state index in [-0.39, 0.29) is 5.69 Å². The number of carboxylic acid groups (broad SMARTS) is 1. The molecule has 2 N–H and O–H groups in total. The summed E-state index contributed by atoms with van der Waals surface area (Å²) in [5, 5.41) is 8.94. The minimum Gasteiger partial charge on any atom is -0.475 e. The number of rotatable bonds is 5. The van der Waals surface area contributed by atoms with Crippen LogP contribution in [0, 0.1) is 6.92 Å². The summed E-state index contributed by atoms with van der Waals surface area (Å²) >= 11 is 0. The quantitative estimate of drug-likeness (QED) is 0.647. The number of benzene rings is 1. The zero-order valence-corrected chi connectivity index (χ0v) is 11.3. The largest absolute Gasteiger partial charge is 0.475 e. The molecule has 1 aromatic heterocycles. The van der Waals surface area contributed by atoms with Gasteiger partial charge in [-0.2, -0.15) is 0 Å². The van der Waals surface area contributed by atoms with E-state index in [2.05, 4.69) is 4.98 Å². The van der Waals surface area contributed by atoms with Crippen molar-refractivity contribution in [3.8, 4) is 11.1 Å². The van der Waals surface area contributed by atoms with Gasteiger partial charge >= 0.3 is 5.97 Å². The number of carbonyl (C=O) groups excluding carboxylic acids is 1. The second-order valence-electron chi connectivity index (χ2n) is 4.41. The highest BCUT2D eigenvalue weighted by Crippen LogP contribution is 2.30. The molecule has 0 bridgehead atoms. The molecule has 2 aromatic rings. The van der Waals surface area contributed by atoms with Gasteiger partial charge in [-0.15, -0.1) is 0 Å². The Morgan fingerprint density at radius 1 is 1.25 bits per heavy atom. The van der Waals surface area contributed by atoms with E-state index in [9.17, 15) is 9.59 Å². The number of aromatic amines is 1. The van der Waals surface area contributed by atoms with E-state index >= 15 is 0 Å². The average Bonchev–Trinajstić information content (AvgIpc) is 2.76. The summed E-state index contributed by atoms with van der Waals surface area (Å²) in [5.74, 6) is -2.43. The molecule has 5 heteroatoms. The number of hydrogen-bond acceptors (Lipinski definition) is 3. The van der Waals surface area contributed by atoms with Crippen LogP contribution in [-0.4, -0.2) is 29.0 Å².